The Labute approximate surface area is 93.2 Å². The van der Waals surface area contributed by atoms with Crippen molar-refractivity contribution in [2.45, 2.75) is 18.6 Å². The Bertz CT molecular complexity index is 466. The molecule has 1 aromatic carbocycles. The first-order valence-electron chi connectivity index (χ1n) is 5.27. The van der Waals surface area contributed by atoms with Gasteiger partial charge in [0.2, 0.25) is 0 Å². The fourth-order valence-corrected chi connectivity index (χ4v) is 1.85. The minimum absolute atomic E-state index is 0.140. The highest BCUT2D eigenvalue weighted by molar-refractivity contribution is 5.82. The van der Waals surface area contributed by atoms with Crippen LogP contribution in [0, 0.1) is 0 Å². The Balaban J connectivity index is 2.35. The molecule has 1 heterocycles. The molecule has 4 heteroatoms. The van der Waals surface area contributed by atoms with Gasteiger partial charge in [-0.3, -0.25) is 0 Å². The number of fused-ring (bicyclic) bond motifs is 1. The van der Waals surface area contributed by atoms with E-state index in [9.17, 15) is 10.2 Å². The predicted molar refractivity (Wildman–Crippen MR) is 61.0 cm³/mol. The van der Waals surface area contributed by atoms with E-state index in [4.69, 9.17) is 5.11 Å². The van der Waals surface area contributed by atoms with Crippen molar-refractivity contribution in [2.75, 3.05) is 6.61 Å². The second-order valence-electron chi connectivity index (χ2n) is 3.81. The van der Waals surface area contributed by atoms with Gasteiger partial charge in [0.15, 0.2) is 0 Å². The molecule has 4 nitrogen and oxygen atoms in total. The number of nitrogens with one attached hydrogen (secondary N) is 1. The fraction of sp³-hybridized carbons (Fsp3) is 0.333. The molecule has 16 heavy (non-hydrogen) atoms. The molecule has 1 aromatic heterocycles. The van der Waals surface area contributed by atoms with Crippen molar-refractivity contribution < 1.29 is 15.3 Å². The van der Waals surface area contributed by atoms with Gasteiger partial charge < -0.3 is 20.3 Å². The molecule has 0 fully saturated rings. The van der Waals surface area contributed by atoms with Gasteiger partial charge in [0.05, 0.1) is 11.6 Å². The lowest BCUT2D eigenvalue weighted by Gasteiger charge is -2.17. The number of aliphatic hydroxyl groups excluding tert-OH is 3. The normalized spacial score (nSPS) is 15.2. The molecule has 86 valence electrons. The summed E-state index contributed by atoms with van der Waals surface area (Å²) < 4.78 is 0. The van der Waals surface area contributed by atoms with Gasteiger partial charge in [-0.15, -0.1) is 0 Å². The summed E-state index contributed by atoms with van der Waals surface area (Å²) in [6.07, 6.45) is 0.0331. The zero-order valence-corrected chi connectivity index (χ0v) is 8.80. The molecule has 0 aliphatic rings. The quantitative estimate of drug-likeness (QED) is 0.620. The second kappa shape index (κ2) is 4.65. The summed E-state index contributed by atoms with van der Waals surface area (Å²) >= 11 is 0. The van der Waals surface area contributed by atoms with Gasteiger partial charge in [0.1, 0.15) is 6.10 Å². The van der Waals surface area contributed by atoms with Gasteiger partial charge >= 0.3 is 0 Å². The molecule has 2 aromatic rings. The number of aliphatic hydroxyl groups is 3. The van der Waals surface area contributed by atoms with E-state index >= 15 is 0 Å². The molecule has 4 N–H and O–H groups in total. The lowest BCUT2D eigenvalue weighted by molar-refractivity contribution is 0.00492. The Hall–Kier alpha value is -1.36. The molecule has 0 aliphatic heterocycles. The van der Waals surface area contributed by atoms with Crippen molar-refractivity contribution in [2.24, 2.45) is 0 Å². The number of benzene rings is 1. The van der Waals surface area contributed by atoms with Crippen molar-refractivity contribution >= 4 is 10.9 Å². The first kappa shape index (κ1) is 11.1. The topological polar surface area (TPSA) is 76.5 Å². The third-order valence-electron chi connectivity index (χ3n) is 2.73. The third-order valence-corrected chi connectivity index (χ3v) is 2.73. The minimum Gasteiger partial charge on any atom is -0.396 e. The minimum atomic E-state index is -0.977. The average molecular weight is 221 g/mol. The zero-order valence-electron chi connectivity index (χ0n) is 8.80. The summed E-state index contributed by atoms with van der Waals surface area (Å²) in [6.45, 7) is -0.140. The molecular formula is C12H15NO3. The van der Waals surface area contributed by atoms with Crippen molar-refractivity contribution in [3.8, 4) is 0 Å². The SMILES string of the molecule is OCCC(O)C(O)c1cccc2cc[nH]c12. The van der Waals surface area contributed by atoms with E-state index in [1.54, 1.807) is 12.3 Å². The van der Waals surface area contributed by atoms with Crippen molar-refractivity contribution in [3.05, 3.63) is 36.0 Å². The molecule has 0 radical (unpaired) electrons. The summed E-state index contributed by atoms with van der Waals surface area (Å²) in [5, 5.41) is 29.3. The third kappa shape index (κ3) is 1.95. The molecule has 2 rings (SSSR count). The maximum atomic E-state index is 9.96. The first-order chi connectivity index (χ1) is 7.74. The van der Waals surface area contributed by atoms with Gasteiger partial charge in [-0.05, 0) is 17.9 Å². The van der Waals surface area contributed by atoms with E-state index in [2.05, 4.69) is 4.98 Å². The van der Waals surface area contributed by atoms with E-state index < -0.39 is 12.2 Å². The summed E-state index contributed by atoms with van der Waals surface area (Å²) in [5.41, 5.74) is 1.48. The van der Waals surface area contributed by atoms with Gasteiger partial charge in [0.25, 0.3) is 0 Å². The lowest BCUT2D eigenvalue weighted by atomic mass is 10.0. The molecule has 0 amide bonds. The highest BCUT2D eigenvalue weighted by Gasteiger charge is 2.20. The molecule has 0 saturated heterocycles. The van der Waals surface area contributed by atoms with Crippen LogP contribution in [0.5, 0.6) is 0 Å². The molecular weight excluding hydrogens is 206 g/mol. The molecule has 0 saturated carbocycles. The predicted octanol–water partition coefficient (Wildman–Crippen LogP) is 0.945. The zero-order chi connectivity index (χ0) is 11.5. The Morgan fingerprint density at radius 2 is 2.00 bits per heavy atom. The summed E-state index contributed by atoms with van der Waals surface area (Å²) in [5.74, 6) is 0. The summed E-state index contributed by atoms with van der Waals surface area (Å²) in [7, 11) is 0. The summed E-state index contributed by atoms with van der Waals surface area (Å²) in [6, 6.07) is 7.44. The number of hydrogen-bond acceptors (Lipinski definition) is 3. The maximum absolute atomic E-state index is 9.96. The lowest BCUT2D eigenvalue weighted by Crippen LogP contribution is -2.19. The van der Waals surface area contributed by atoms with Crippen LogP contribution in [0.15, 0.2) is 30.5 Å². The van der Waals surface area contributed by atoms with Crippen LogP contribution in [-0.2, 0) is 0 Å². The van der Waals surface area contributed by atoms with Gasteiger partial charge in [-0.1, -0.05) is 18.2 Å². The van der Waals surface area contributed by atoms with Crippen LogP contribution in [0.25, 0.3) is 10.9 Å². The van der Waals surface area contributed by atoms with Crippen LogP contribution in [0.1, 0.15) is 18.1 Å². The number of H-pyrrole nitrogens is 1. The highest BCUT2D eigenvalue weighted by Crippen LogP contribution is 2.26. The van der Waals surface area contributed by atoms with Crippen molar-refractivity contribution in [1.82, 2.24) is 4.98 Å². The largest absolute Gasteiger partial charge is 0.396 e. The van der Waals surface area contributed by atoms with Crippen LogP contribution in [0.4, 0.5) is 0 Å². The standard InChI is InChI=1S/C12H15NO3/c14-7-5-10(15)12(16)9-3-1-2-8-4-6-13-11(8)9/h1-4,6,10,12-16H,5,7H2. The molecule has 2 unspecified atom stereocenters. The molecule has 0 spiro atoms. The Morgan fingerprint density at radius 3 is 2.75 bits per heavy atom. The van der Waals surface area contributed by atoms with E-state index in [0.29, 0.717) is 5.56 Å². The second-order valence-corrected chi connectivity index (χ2v) is 3.81. The number of rotatable bonds is 4. The fourth-order valence-electron chi connectivity index (χ4n) is 1.85. The summed E-state index contributed by atoms with van der Waals surface area (Å²) in [4.78, 5) is 3.03. The molecule has 0 bridgehead atoms. The van der Waals surface area contributed by atoms with Crippen LogP contribution < -0.4 is 0 Å². The van der Waals surface area contributed by atoms with E-state index in [1.165, 1.54) is 0 Å². The van der Waals surface area contributed by atoms with E-state index in [0.717, 1.165) is 10.9 Å². The van der Waals surface area contributed by atoms with Crippen LogP contribution >= 0.6 is 0 Å². The van der Waals surface area contributed by atoms with Gasteiger partial charge in [-0.25, -0.2) is 0 Å². The number of aromatic nitrogens is 1. The highest BCUT2D eigenvalue weighted by atomic mass is 16.3. The van der Waals surface area contributed by atoms with Crippen LogP contribution in [0.2, 0.25) is 0 Å². The van der Waals surface area contributed by atoms with Crippen molar-refractivity contribution in [3.63, 3.8) is 0 Å². The molecule has 2 atom stereocenters. The molecule has 0 aliphatic carbocycles. The first-order valence-corrected chi connectivity index (χ1v) is 5.27. The van der Waals surface area contributed by atoms with E-state index in [-0.39, 0.29) is 13.0 Å². The number of hydrogen-bond donors (Lipinski definition) is 4. The number of aromatic amines is 1. The van der Waals surface area contributed by atoms with E-state index in [1.807, 2.05) is 18.2 Å². The Kier molecular flexibility index (Phi) is 3.24. The maximum Gasteiger partial charge on any atom is 0.107 e. The van der Waals surface area contributed by atoms with Crippen LogP contribution in [0.3, 0.4) is 0 Å². The number of para-hydroxylation sites is 1. The van der Waals surface area contributed by atoms with Gasteiger partial charge in [-0.2, -0.15) is 0 Å². The van der Waals surface area contributed by atoms with Crippen molar-refractivity contribution in [1.29, 1.82) is 0 Å². The average Bonchev–Trinajstić information content (AvgIpc) is 2.76. The smallest absolute Gasteiger partial charge is 0.107 e. The van der Waals surface area contributed by atoms with Gasteiger partial charge in [0, 0.05) is 18.4 Å². The monoisotopic (exact) mass is 221 g/mol. The van der Waals surface area contributed by atoms with Crippen LogP contribution in [-0.4, -0.2) is 33.0 Å². The Morgan fingerprint density at radius 1 is 1.19 bits per heavy atom.